The van der Waals surface area contributed by atoms with Crippen LogP contribution in [0.15, 0.2) is 30.5 Å². The molecule has 3 aliphatic heterocycles. The lowest BCUT2D eigenvalue weighted by molar-refractivity contribution is -0.136. The maximum absolute atomic E-state index is 13.3. The van der Waals surface area contributed by atoms with Crippen LogP contribution in [0.4, 0.5) is 0 Å². The van der Waals surface area contributed by atoms with Crippen molar-refractivity contribution in [3.63, 3.8) is 0 Å². The molecular formula is C25H34N4O3. The van der Waals surface area contributed by atoms with Gasteiger partial charge >= 0.3 is 0 Å². The number of aromatic nitrogens is 1. The zero-order chi connectivity index (χ0) is 22.0. The van der Waals surface area contributed by atoms with Gasteiger partial charge in [0.25, 0.3) is 0 Å². The number of amides is 2. The molecule has 4 heterocycles. The average molecular weight is 439 g/mol. The maximum Gasteiger partial charge on any atom is 0.242 e. The van der Waals surface area contributed by atoms with Crippen LogP contribution in [-0.4, -0.2) is 72.0 Å². The number of hydrogen-bond acceptors (Lipinski definition) is 4. The highest BCUT2D eigenvalue weighted by molar-refractivity contribution is 5.91. The van der Waals surface area contributed by atoms with E-state index in [4.69, 9.17) is 4.74 Å². The van der Waals surface area contributed by atoms with E-state index in [1.54, 1.807) is 4.90 Å². The Morgan fingerprint density at radius 3 is 2.78 bits per heavy atom. The molecule has 1 aromatic carbocycles. The van der Waals surface area contributed by atoms with Crippen LogP contribution in [0, 0.1) is 5.41 Å². The highest BCUT2D eigenvalue weighted by atomic mass is 16.5. The first-order chi connectivity index (χ1) is 15.6. The van der Waals surface area contributed by atoms with E-state index in [1.165, 1.54) is 12.8 Å². The molecule has 7 nitrogen and oxygen atoms in total. The summed E-state index contributed by atoms with van der Waals surface area (Å²) in [6, 6.07) is 7.70. The number of fused-ring (bicyclic) bond motifs is 1. The van der Waals surface area contributed by atoms with Crippen LogP contribution in [0.25, 0.3) is 10.9 Å². The van der Waals surface area contributed by atoms with Crippen molar-refractivity contribution in [2.75, 3.05) is 39.4 Å². The summed E-state index contributed by atoms with van der Waals surface area (Å²) in [6.45, 7) is 6.00. The van der Waals surface area contributed by atoms with Gasteiger partial charge in [-0.1, -0.05) is 18.2 Å². The Morgan fingerprint density at radius 1 is 1.19 bits per heavy atom. The van der Waals surface area contributed by atoms with Crippen LogP contribution in [0.3, 0.4) is 0 Å². The number of nitrogens with one attached hydrogen (secondary N) is 2. The van der Waals surface area contributed by atoms with E-state index >= 15 is 0 Å². The van der Waals surface area contributed by atoms with Crippen molar-refractivity contribution >= 4 is 22.7 Å². The Balaban J connectivity index is 1.25. The highest BCUT2D eigenvalue weighted by Gasteiger charge is 2.39. The number of aromatic amines is 1. The first-order valence-corrected chi connectivity index (χ1v) is 12.1. The van der Waals surface area contributed by atoms with Gasteiger partial charge in [0.2, 0.25) is 11.8 Å². The largest absolute Gasteiger partial charge is 0.381 e. The van der Waals surface area contributed by atoms with Crippen molar-refractivity contribution in [3.05, 3.63) is 36.0 Å². The van der Waals surface area contributed by atoms with E-state index in [1.807, 2.05) is 24.4 Å². The molecule has 3 fully saturated rings. The van der Waals surface area contributed by atoms with E-state index in [0.717, 1.165) is 62.2 Å². The zero-order valence-corrected chi connectivity index (χ0v) is 18.8. The standard InChI is InChI=1S/C25H34N4O3/c30-23-8-7-22(29(23)16-19-15-26-21-6-2-1-5-20(19)21)24(31)27-17-25(9-13-32-14-10-25)18-28-11-3-4-12-28/h1-2,5-6,15,22,26H,3-4,7-14,16-18H2,(H,27,31). The number of ether oxygens (including phenoxy) is 1. The minimum absolute atomic E-state index is 0.0111. The molecule has 3 aliphatic rings. The number of para-hydroxylation sites is 1. The summed E-state index contributed by atoms with van der Waals surface area (Å²) in [5.74, 6) is 0.0521. The van der Waals surface area contributed by atoms with Gasteiger partial charge in [-0.15, -0.1) is 0 Å². The molecule has 0 radical (unpaired) electrons. The van der Waals surface area contributed by atoms with Crippen LogP contribution in [0.5, 0.6) is 0 Å². The molecule has 2 aromatic rings. The summed E-state index contributed by atoms with van der Waals surface area (Å²) in [6.07, 6.45) is 7.48. The number of hydrogen-bond donors (Lipinski definition) is 2. The lowest BCUT2D eigenvalue weighted by Gasteiger charge is -2.40. The molecule has 1 aromatic heterocycles. The third-order valence-corrected chi connectivity index (χ3v) is 7.60. The summed E-state index contributed by atoms with van der Waals surface area (Å²) in [5.41, 5.74) is 2.19. The Hall–Kier alpha value is -2.38. The molecule has 172 valence electrons. The maximum atomic E-state index is 13.3. The normalized spacial score (nSPS) is 23.8. The molecule has 5 rings (SSSR count). The zero-order valence-electron chi connectivity index (χ0n) is 18.8. The van der Waals surface area contributed by atoms with Crippen molar-refractivity contribution < 1.29 is 14.3 Å². The van der Waals surface area contributed by atoms with E-state index in [0.29, 0.717) is 25.9 Å². The molecule has 1 atom stereocenters. The SMILES string of the molecule is O=C(NCC1(CN2CCCC2)CCOCC1)C1CCC(=O)N1Cc1c[nH]c2ccccc12. The van der Waals surface area contributed by atoms with E-state index in [-0.39, 0.29) is 23.3 Å². The van der Waals surface area contributed by atoms with E-state index in [2.05, 4.69) is 21.3 Å². The molecular weight excluding hydrogens is 404 g/mol. The van der Waals surface area contributed by atoms with Gasteiger partial charge in [0.15, 0.2) is 0 Å². The lowest BCUT2D eigenvalue weighted by Crippen LogP contribution is -2.51. The summed E-state index contributed by atoms with van der Waals surface area (Å²) in [7, 11) is 0. The first-order valence-electron chi connectivity index (χ1n) is 12.1. The van der Waals surface area contributed by atoms with Gasteiger partial charge in [0, 0.05) is 61.8 Å². The minimum atomic E-state index is -0.389. The van der Waals surface area contributed by atoms with Crippen molar-refractivity contribution in [2.45, 2.75) is 51.1 Å². The second-order valence-corrected chi connectivity index (χ2v) is 9.75. The Kier molecular flexibility index (Phi) is 6.20. The molecule has 3 saturated heterocycles. The second kappa shape index (κ2) is 9.24. The predicted octanol–water partition coefficient (Wildman–Crippen LogP) is 2.67. The molecule has 0 saturated carbocycles. The molecule has 0 bridgehead atoms. The Labute approximate surface area is 189 Å². The Bertz CT molecular complexity index is 959. The molecule has 32 heavy (non-hydrogen) atoms. The summed E-state index contributed by atoms with van der Waals surface area (Å²) in [4.78, 5) is 33.5. The number of benzene rings is 1. The number of nitrogens with zero attached hydrogens (tertiary/aromatic N) is 2. The van der Waals surface area contributed by atoms with Gasteiger partial charge in [-0.05, 0) is 56.8 Å². The van der Waals surface area contributed by atoms with Crippen LogP contribution >= 0.6 is 0 Å². The van der Waals surface area contributed by atoms with Crippen molar-refractivity contribution in [2.24, 2.45) is 5.41 Å². The van der Waals surface area contributed by atoms with Crippen molar-refractivity contribution in [3.8, 4) is 0 Å². The van der Waals surface area contributed by atoms with Gasteiger partial charge < -0.3 is 24.8 Å². The molecule has 0 aliphatic carbocycles. The van der Waals surface area contributed by atoms with Crippen molar-refractivity contribution in [1.29, 1.82) is 0 Å². The smallest absolute Gasteiger partial charge is 0.242 e. The number of likely N-dealkylation sites (tertiary alicyclic amines) is 2. The molecule has 2 N–H and O–H groups in total. The number of carbonyl (C=O) groups is 2. The third-order valence-electron chi connectivity index (χ3n) is 7.60. The molecule has 1 unspecified atom stereocenters. The number of H-pyrrole nitrogens is 1. The summed E-state index contributed by atoms with van der Waals surface area (Å²) < 4.78 is 5.63. The van der Waals surface area contributed by atoms with Gasteiger partial charge in [0.05, 0.1) is 0 Å². The average Bonchev–Trinajstić information content (AvgIpc) is 3.55. The predicted molar refractivity (Wildman–Crippen MR) is 123 cm³/mol. The quantitative estimate of drug-likeness (QED) is 0.697. The van der Waals surface area contributed by atoms with Crippen molar-refractivity contribution in [1.82, 2.24) is 20.1 Å². The Morgan fingerprint density at radius 2 is 1.97 bits per heavy atom. The van der Waals surface area contributed by atoms with Crippen LogP contribution < -0.4 is 5.32 Å². The monoisotopic (exact) mass is 438 g/mol. The van der Waals surface area contributed by atoms with Crippen LogP contribution in [-0.2, 0) is 20.9 Å². The minimum Gasteiger partial charge on any atom is -0.381 e. The number of rotatable bonds is 7. The summed E-state index contributed by atoms with van der Waals surface area (Å²) >= 11 is 0. The highest BCUT2D eigenvalue weighted by Crippen LogP contribution is 2.32. The lowest BCUT2D eigenvalue weighted by atomic mass is 9.79. The van der Waals surface area contributed by atoms with Gasteiger partial charge in [0.1, 0.15) is 6.04 Å². The second-order valence-electron chi connectivity index (χ2n) is 9.75. The third kappa shape index (κ3) is 4.41. The fraction of sp³-hybridized carbons (Fsp3) is 0.600. The fourth-order valence-corrected chi connectivity index (χ4v) is 5.65. The van der Waals surface area contributed by atoms with Gasteiger partial charge in [-0.25, -0.2) is 0 Å². The van der Waals surface area contributed by atoms with Gasteiger partial charge in [-0.2, -0.15) is 0 Å². The molecule has 2 amide bonds. The topological polar surface area (TPSA) is 77.7 Å². The van der Waals surface area contributed by atoms with Gasteiger partial charge in [-0.3, -0.25) is 9.59 Å². The van der Waals surface area contributed by atoms with E-state index < -0.39 is 0 Å². The molecule has 0 spiro atoms. The fourth-order valence-electron chi connectivity index (χ4n) is 5.65. The molecule has 7 heteroatoms. The van der Waals surface area contributed by atoms with E-state index in [9.17, 15) is 9.59 Å². The first kappa shape index (κ1) is 21.5. The summed E-state index contributed by atoms with van der Waals surface area (Å²) in [5, 5.41) is 4.36. The van der Waals surface area contributed by atoms with Crippen LogP contribution in [0.2, 0.25) is 0 Å². The van der Waals surface area contributed by atoms with Crippen LogP contribution in [0.1, 0.15) is 44.1 Å². The number of carbonyl (C=O) groups excluding carboxylic acids is 2.